The molecule has 9 heteroatoms. The molecule has 0 aromatic heterocycles. The van der Waals surface area contributed by atoms with E-state index >= 15 is 0 Å². The van der Waals surface area contributed by atoms with Crippen molar-refractivity contribution in [3.8, 4) is 11.5 Å². The Hall–Kier alpha value is -3.46. The molecule has 2 atom stereocenters. The number of halogens is 1. The highest BCUT2D eigenvalue weighted by Crippen LogP contribution is 2.31. The lowest BCUT2D eigenvalue weighted by molar-refractivity contribution is -0.141. The fourth-order valence-corrected chi connectivity index (χ4v) is 5.26. The van der Waals surface area contributed by atoms with E-state index in [1.165, 1.54) is 12.1 Å². The van der Waals surface area contributed by atoms with Crippen LogP contribution in [0.4, 0.5) is 4.39 Å². The van der Waals surface area contributed by atoms with Gasteiger partial charge in [0.1, 0.15) is 35.0 Å². The number of carbonyl (C=O) groups is 3. The molecule has 1 aliphatic carbocycles. The van der Waals surface area contributed by atoms with Crippen molar-refractivity contribution in [3.63, 3.8) is 0 Å². The quantitative estimate of drug-likeness (QED) is 0.446. The van der Waals surface area contributed by atoms with Crippen LogP contribution < -0.4 is 15.4 Å². The van der Waals surface area contributed by atoms with Crippen molar-refractivity contribution in [2.45, 2.75) is 83.0 Å². The van der Waals surface area contributed by atoms with Gasteiger partial charge < -0.3 is 25.4 Å². The van der Waals surface area contributed by atoms with Gasteiger partial charge in [0.05, 0.1) is 0 Å². The lowest BCUT2D eigenvalue weighted by Crippen LogP contribution is -2.62. The van der Waals surface area contributed by atoms with E-state index in [9.17, 15) is 23.9 Å². The molecule has 1 saturated heterocycles. The zero-order valence-electron chi connectivity index (χ0n) is 22.6. The van der Waals surface area contributed by atoms with E-state index < -0.39 is 23.6 Å². The van der Waals surface area contributed by atoms with Crippen LogP contribution in [0.3, 0.4) is 0 Å². The minimum atomic E-state index is -1.20. The van der Waals surface area contributed by atoms with Crippen LogP contribution in [0.1, 0.15) is 64.4 Å². The molecule has 8 nitrogen and oxygen atoms in total. The van der Waals surface area contributed by atoms with Crippen molar-refractivity contribution >= 4 is 17.7 Å². The molecule has 1 aliphatic heterocycles. The van der Waals surface area contributed by atoms with Gasteiger partial charge in [0, 0.05) is 13.1 Å². The smallest absolute Gasteiger partial charge is 0.249 e. The topological polar surface area (TPSA) is 108 Å². The van der Waals surface area contributed by atoms with Crippen molar-refractivity contribution in [2.75, 3.05) is 6.54 Å². The molecule has 2 aromatic carbocycles. The Kier molecular flexibility index (Phi) is 9.22. The van der Waals surface area contributed by atoms with Gasteiger partial charge in [-0.25, -0.2) is 4.39 Å². The first-order chi connectivity index (χ1) is 18.7. The predicted octanol–water partition coefficient (Wildman–Crippen LogP) is 4.06. The van der Waals surface area contributed by atoms with Crippen LogP contribution in [0.2, 0.25) is 0 Å². The molecule has 210 valence electrons. The van der Waals surface area contributed by atoms with Crippen molar-refractivity contribution in [1.82, 2.24) is 15.5 Å². The van der Waals surface area contributed by atoms with Gasteiger partial charge in [-0.1, -0.05) is 38.8 Å². The Labute approximate surface area is 228 Å². The lowest BCUT2D eigenvalue weighted by Gasteiger charge is -2.33. The first-order valence-corrected chi connectivity index (χ1v) is 13.8. The summed E-state index contributed by atoms with van der Waals surface area (Å²) in [6, 6.07) is 12.5. The minimum Gasteiger partial charge on any atom is -0.457 e. The van der Waals surface area contributed by atoms with Gasteiger partial charge in [-0.2, -0.15) is 0 Å². The summed E-state index contributed by atoms with van der Waals surface area (Å²) in [5.74, 6) is -0.607. The Morgan fingerprint density at radius 3 is 2.49 bits per heavy atom. The van der Waals surface area contributed by atoms with Gasteiger partial charge in [-0.15, -0.1) is 0 Å². The molecule has 3 amide bonds. The first kappa shape index (κ1) is 28.5. The number of hydrogen-bond acceptors (Lipinski definition) is 5. The molecule has 2 aliphatic rings. The van der Waals surface area contributed by atoms with Gasteiger partial charge in [0.2, 0.25) is 17.7 Å². The van der Waals surface area contributed by atoms with Crippen LogP contribution in [0, 0.1) is 11.7 Å². The monoisotopic (exact) mass is 539 g/mol. The Bertz CT molecular complexity index is 1160. The van der Waals surface area contributed by atoms with Crippen LogP contribution in [0.5, 0.6) is 11.5 Å². The molecule has 2 fully saturated rings. The summed E-state index contributed by atoms with van der Waals surface area (Å²) in [5.41, 5.74) is -0.242. The molecule has 2 aromatic rings. The average molecular weight is 540 g/mol. The molecular formula is C30H38FN3O5. The molecule has 0 bridgehead atoms. The average Bonchev–Trinajstić information content (AvgIpc) is 3.33. The van der Waals surface area contributed by atoms with Crippen molar-refractivity contribution in [1.29, 1.82) is 0 Å². The second-order valence-electron chi connectivity index (χ2n) is 11.0. The summed E-state index contributed by atoms with van der Waals surface area (Å²) < 4.78 is 19.0. The summed E-state index contributed by atoms with van der Waals surface area (Å²) in [7, 11) is 0. The Morgan fingerprint density at radius 2 is 1.79 bits per heavy atom. The summed E-state index contributed by atoms with van der Waals surface area (Å²) in [5, 5.41) is 16.0. The Morgan fingerprint density at radius 1 is 1.08 bits per heavy atom. The normalized spacial score (nSPS) is 19.9. The second-order valence-corrected chi connectivity index (χ2v) is 11.0. The predicted molar refractivity (Wildman–Crippen MR) is 144 cm³/mol. The fourth-order valence-electron chi connectivity index (χ4n) is 5.26. The highest BCUT2D eigenvalue weighted by atomic mass is 19.1. The molecule has 1 saturated carbocycles. The number of nitrogens with one attached hydrogen (secondary N) is 2. The van der Waals surface area contributed by atoms with Crippen LogP contribution in [-0.4, -0.2) is 52.0 Å². The van der Waals surface area contributed by atoms with Crippen LogP contribution >= 0.6 is 0 Å². The van der Waals surface area contributed by atoms with Gasteiger partial charge in [0.25, 0.3) is 0 Å². The maximum absolute atomic E-state index is 13.5. The van der Waals surface area contributed by atoms with E-state index in [1.807, 2.05) is 18.2 Å². The molecule has 3 N–H and O–H groups in total. The van der Waals surface area contributed by atoms with Gasteiger partial charge in [0.15, 0.2) is 0 Å². The molecule has 1 heterocycles. The number of ether oxygens (including phenoxy) is 1. The van der Waals surface area contributed by atoms with E-state index in [4.69, 9.17) is 4.74 Å². The number of likely N-dealkylation sites (tertiary alicyclic amines) is 1. The number of hydrogen-bond donors (Lipinski definition) is 3. The van der Waals surface area contributed by atoms with Crippen molar-refractivity contribution in [3.05, 3.63) is 59.9 Å². The van der Waals surface area contributed by atoms with Crippen LogP contribution in [0.25, 0.3) is 0 Å². The second kappa shape index (κ2) is 12.6. The summed E-state index contributed by atoms with van der Waals surface area (Å²) in [6.07, 6.45) is 3.43. The molecule has 2 unspecified atom stereocenters. The van der Waals surface area contributed by atoms with E-state index in [2.05, 4.69) is 10.6 Å². The zero-order valence-corrected chi connectivity index (χ0v) is 22.6. The highest BCUT2D eigenvalue weighted by Gasteiger charge is 2.45. The highest BCUT2D eigenvalue weighted by molar-refractivity contribution is 5.96. The molecular weight excluding hydrogens is 501 g/mol. The van der Waals surface area contributed by atoms with Gasteiger partial charge >= 0.3 is 0 Å². The summed E-state index contributed by atoms with van der Waals surface area (Å²) >= 11 is 0. The number of carbonyl (C=O) groups excluding carboxylic acids is 3. The standard InChI is InChI=1S/C30H38FN3O5/c1-20(2)26(35)27(36)33-30(15-4-5-16-30)29(38)32-25-10-3-6-17-34(28(25)37)19-21-8-7-9-24(18-21)39-23-13-11-22(31)12-14-23/h7-9,11-14,18,20,25-26,35H,3-6,10,15-17,19H2,1-2H3,(H,32,38)(H,33,36). The van der Waals surface area contributed by atoms with E-state index in [0.717, 1.165) is 31.2 Å². The third-order valence-electron chi connectivity index (χ3n) is 7.56. The number of benzene rings is 2. The molecule has 4 rings (SSSR count). The SMILES string of the molecule is CC(C)C(O)C(=O)NC1(C(=O)NC2CCCCN(Cc3cccc(Oc4ccc(F)cc4)c3)C2=O)CCCC1. The third-order valence-corrected chi connectivity index (χ3v) is 7.56. The van der Waals surface area contributed by atoms with Gasteiger partial charge in [-0.3, -0.25) is 14.4 Å². The minimum absolute atomic E-state index is 0.160. The maximum atomic E-state index is 13.5. The van der Waals surface area contributed by atoms with Crippen molar-refractivity contribution < 1.29 is 28.6 Å². The number of amides is 3. The molecule has 39 heavy (non-hydrogen) atoms. The third kappa shape index (κ3) is 7.15. The Balaban J connectivity index is 1.43. The van der Waals surface area contributed by atoms with Crippen LogP contribution in [0.15, 0.2) is 48.5 Å². The summed E-state index contributed by atoms with van der Waals surface area (Å²) in [6.45, 7) is 4.41. The van der Waals surface area contributed by atoms with E-state index in [-0.39, 0.29) is 23.5 Å². The number of aliphatic hydroxyl groups excluding tert-OH is 1. The zero-order chi connectivity index (χ0) is 28.0. The van der Waals surface area contributed by atoms with E-state index in [0.29, 0.717) is 43.9 Å². The molecule has 0 radical (unpaired) electrons. The summed E-state index contributed by atoms with van der Waals surface area (Å²) in [4.78, 5) is 41.4. The molecule has 0 spiro atoms. The lowest BCUT2D eigenvalue weighted by atomic mass is 9.94. The van der Waals surface area contributed by atoms with Crippen LogP contribution in [-0.2, 0) is 20.9 Å². The van der Waals surface area contributed by atoms with E-state index in [1.54, 1.807) is 36.9 Å². The first-order valence-electron chi connectivity index (χ1n) is 13.8. The van der Waals surface area contributed by atoms with Crippen molar-refractivity contribution in [2.24, 2.45) is 5.92 Å². The number of aliphatic hydroxyl groups is 1. The largest absolute Gasteiger partial charge is 0.457 e. The number of nitrogens with zero attached hydrogens (tertiary/aromatic N) is 1. The fraction of sp³-hybridized carbons (Fsp3) is 0.500. The number of rotatable bonds is 9. The maximum Gasteiger partial charge on any atom is 0.249 e. The van der Waals surface area contributed by atoms with Gasteiger partial charge in [-0.05, 0) is 80.0 Å².